The van der Waals surface area contributed by atoms with Crippen molar-refractivity contribution in [2.24, 2.45) is 0 Å². The predicted molar refractivity (Wildman–Crippen MR) is 248 cm³/mol. The van der Waals surface area contributed by atoms with Gasteiger partial charge in [-0.15, -0.1) is 0 Å². The molecule has 58 heavy (non-hydrogen) atoms. The van der Waals surface area contributed by atoms with Crippen molar-refractivity contribution in [2.45, 2.75) is 0 Å². The number of nitrogens with zero attached hydrogens (tertiary/aromatic N) is 2. The summed E-state index contributed by atoms with van der Waals surface area (Å²) in [5.74, 6) is 0. The summed E-state index contributed by atoms with van der Waals surface area (Å²) < 4.78 is 0. The number of benzene rings is 11. The third-order valence-corrected chi connectivity index (χ3v) is 11.6. The number of para-hydroxylation sites is 4. The topological polar surface area (TPSA) is 6.48 Å². The van der Waals surface area contributed by atoms with Crippen molar-refractivity contribution in [1.29, 1.82) is 0 Å². The van der Waals surface area contributed by atoms with Crippen molar-refractivity contribution in [2.75, 3.05) is 9.80 Å². The summed E-state index contributed by atoms with van der Waals surface area (Å²) in [6.07, 6.45) is 0. The van der Waals surface area contributed by atoms with Crippen LogP contribution in [0.15, 0.2) is 231 Å². The van der Waals surface area contributed by atoms with Gasteiger partial charge < -0.3 is 9.80 Å². The fourth-order valence-electron chi connectivity index (χ4n) is 8.98. The minimum Gasteiger partial charge on any atom is -0.311 e. The largest absolute Gasteiger partial charge is 0.311 e. The van der Waals surface area contributed by atoms with Crippen LogP contribution in [-0.2, 0) is 0 Å². The molecular weight excluding hydrogens is 701 g/mol. The Bertz CT molecular complexity index is 3120. The van der Waals surface area contributed by atoms with Gasteiger partial charge in [0.05, 0.1) is 5.69 Å². The van der Waals surface area contributed by atoms with Crippen LogP contribution in [-0.4, -0.2) is 0 Å². The van der Waals surface area contributed by atoms with Crippen molar-refractivity contribution in [3.05, 3.63) is 231 Å². The maximum absolute atomic E-state index is 2.37. The van der Waals surface area contributed by atoms with E-state index < -0.39 is 0 Å². The monoisotopic (exact) mass is 738 g/mol. The maximum Gasteiger partial charge on any atom is 0.0540 e. The first-order valence-electron chi connectivity index (χ1n) is 19.9. The Kier molecular flexibility index (Phi) is 8.19. The summed E-state index contributed by atoms with van der Waals surface area (Å²) in [6, 6.07) is 83.5. The van der Waals surface area contributed by atoms with E-state index in [4.69, 9.17) is 0 Å². The summed E-state index contributed by atoms with van der Waals surface area (Å²) in [5.41, 5.74) is 11.7. The van der Waals surface area contributed by atoms with Gasteiger partial charge in [-0.25, -0.2) is 0 Å². The van der Waals surface area contributed by atoms with Crippen LogP contribution in [0.25, 0.3) is 65.3 Å². The van der Waals surface area contributed by atoms with Gasteiger partial charge in [-0.05, 0) is 127 Å². The highest BCUT2D eigenvalue weighted by Crippen LogP contribution is 2.46. The standard InChI is InChI=1S/C56H38N2/c1-5-15-42(16-6-1)57(43-17-7-2-8-18-43)46-33-27-39(28-34-46)47-35-29-40-32-38-53-50(36-30-41-31-37-52(47)55(40)56(41)53)48-23-13-25-51-49(48)24-14-26-54(51)58(44-19-9-3-10-20-44)45-21-11-4-12-22-45/h1-38H. The van der Waals surface area contributed by atoms with E-state index in [1.807, 2.05) is 0 Å². The molecule has 0 aliphatic rings. The molecule has 11 rings (SSSR count). The summed E-state index contributed by atoms with van der Waals surface area (Å²) in [6.45, 7) is 0. The first-order chi connectivity index (χ1) is 28.8. The highest BCUT2D eigenvalue weighted by Gasteiger charge is 2.19. The molecule has 2 nitrogen and oxygen atoms in total. The summed E-state index contributed by atoms with van der Waals surface area (Å²) in [4.78, 5) is 4.68. The van der Waals surface area contributed by atoms with Crippen molar-refractivity contribution < 1.29 is 0 Å². The Hall–Kier alpha value is -7.68. The molecule has 272 valence electrons. The van der Waals surface area contributed by atoms with Crippen LogP contribution >= 0.6 is 0 Å². The average molecular weight is 739 g/mol. The van der Waals surface area contributed by atoms with Gasteiger partial charge in [0.15, 0.2) is 0 Å². The van der Waals surface area contributed by atoms with Crippen LogP contribution in [0.3, 0.4) is 0 Å². The highest BCUT2D eigenvalue weighted by molar-refractivity contribution is 6.28. The molecule has 0 saturated heterocycles. The zero-order chi connectivity index (χ0) is 38.4. The first-order valence-corrected chi connectivity index (χ1v) is 19.9. The van der Waals surface area contributed by atoms with Crippen LogP contribution in [0.2, 0.25) is 0 Å². The smallest absolute Gasteiger partial charge is 0.0540 e. The minimum absolute atomic E-state index is 1.12. The quantitative estimate of drug-likeness (QED) is 0.143. The summed E-state index contributed by atoms with van der Waals surface area (Å²) in [5, 5.41) is 10.1. The molecule has 0 amide bonds. The summed E-state index contributed by atoms with van der Waals surface area (Å²) >= 11 is 0. The van der Waals surface area contributed by atoms with Crippen LogP contribution in [0.4, 0.5) is 34.1 Å². The van der Waals surface area contributed by atoms with E-state index in [1.54, 1.807) is 0 Å². The van der Waals surface area contributed by atoms with Crippen molar-refractivity contribution >= 4 is 77.2 Å². The van der Waals surface area contributed by atoms with E-state index in [0.29, 0.717) is 0 Å². The summed E-state index contributed by atoms with van der Waals surface area (Å²) in [7, 11) is 0. The average Bonchev–Trinajstić information content (AvgIpc) is 3.30. The van der Waals surface area contributed by atoms with Gasteiger partial charge in [0.2, 0.25) is 0 Å². The zero-order valence-corrected chi connectivity index (χ0v) is 31.8. The van der Waals surface area contributed by atoms with Crippen molar-refractivity contribution in [3.63, 3.8) is 0 Å². The molecule has 0 aliphatic heterocycles. The molecule has 0 aromatic heterocycles. The Balaban J connectivity index is 1.05. The van der Waals surface area contributed by atoms with Crippen molar-refractivity contribution in [1.82, 2.24) is 0 Å². The molecule has 0 heterocycles. The Morgan fingerprint density at radius 2 is 0.638 bits per heavy atom. The molecule has 0 radical (unpaired) electrons. The molecule has 0 aliphatic carbocycles. The van der Waals surface area contributed by atoms with Gasteiger partial charge in [-0.1, -0.05) is 164 Å². The fraction of sp³-hybridized carbons (Fsp3) is 0. The van der Waals surface area contributed by atoms with Crippen LogP contribution in [0, 0.1) is 0 Å². The van der Waals surface area contributed by atoms with E-state index in [9.17, 15) is 0 Å². The number of fused-ring (bicyclic) bond motifs is 1. The van der Waals surface area contributed by atoms with Crippen molar-refractivity contribution in [3.8, 4) is 22.3 Å². The molecule has 11 aromatic rings. The van der Waals surface area contributed by atoms with Gasteiger partial charge in [-0.2, -0.15) is 0 Å². The molecule has 0 unspecified atom stereocenters. The second kappa shape index (κ2) is 14.1. The molecule has 0 saturated carbocycles. The fourth-order valence-corrected chi connectivity index (χ4v) is 8.98. The molecule has 11 aromatic carbocycles. The Morgan fingerprint density at radius 1 is 0.224 bits per heavy atom. The third-order valence-electron chi connectivity index (χ3n) is 11.6. The van der Waals surface area contributed by atoms with Gasteiger partial charge in [0.25, 0.3) is 0 Å². The molecular formula is C56H38N2. The van der Waals surface area contributed by atoms with E-state index >= 15 is 0 Å². The van der Waals surface area contributed by atoms with Crippen LogP contribution in [0.5, 0.6) is 0 Å². The van der Waals surface area contributed by atoms with Gasteiger partial charge >= 0.3 is 0 Å². The lowest BCUT2D eigenvalue weighted by Gasteiger charge is -2.27. The molecule has 0 N–H and O–H groups in total. The zero-order valence-electron chi connectivity index (χ0n) is 31.8. The lowest BCUT2D eigenvalue weighted by atomic mass is 9.86. The molecule has 0 spiro atoms. The van der Waals surface area contributed by atoms with E-state index in [0.717, 1.165) is 34.1 Å². The second-order valence-electron chi connectivity index (χ2n) is 14.9. The second-order valence-corrected chi connectivity index (χ2v) is 14.9. The van der Waals surface area contributed by atoms with Gasteiger partial charge in [0, 0.05) is 33.8 Å². The molecule has 0 fully saturated rings. The highest BCUT2D eigenvalue weighted by atomic mass is 15.1. The van der Waals surface area contributed by atoms with E-state index in [2.05, 4.69) is 240 Å². The van der Waals surface area contributed by atoms with E-state index in [1.165, 1.54) is 65.3 Å². The van der Waals surface area contributed by atoms with E-state index in [-0.39, 0.29) is 0 Å². The number of hydrogen-bond acceptors (Lipinski definition) is 2. The normalized spacial score (nSPS) is 11.4. The third kappa shape index (κ3) is 5.66. The maximum atomic E-state index is 2.37. The molecule has 0 bridgehead atoms. The Labute approximate surface area is 338 Å². The number of hydrogen-bond donors (Lipinski definition) is 0. The number of anilines is 6. The Morgan fingerprint density at radius 3 is 1.19 bits per heavy atom. The lowest BCUT2D eigenvalue weighted by molar-refractivity contribution is 1.28. The predicted octanol–water partition coefficient (Wildman–Crippen LogP) is 16.0. The molecule has 2 heteroatoms. The van der Waals surface area contributed by atoms with Crippen LogP contribution < -0.4 is 9.80 Å². The number of rotatable bonds is 8. The lowest BCUT2D eigenvalue weighted by Crippen LogP contribution is -2.10. The van der Waals surface area contributed by atoms with Gasteiger partial charge in [-0.3, -0.25) is 0 Å². The SMILES string of the molecule is c1ccc(N(c2ccccc2)c2ccc(-c3ccc4ccc5c(-c6cccc7c(N(c8ccccc8)c8ccccc8)cccc67)ccc6ccc3c4c65)cc2)cc1. The van der Waals surface area contributed by atoms with Crippen LogP contribution in [0.1, 0.15) is 0 Å². The van der Waals surface area contributed by atoms with Gasteiger partial charge in [0.1, 0.15) is 0 Å². The molecule has 0 atom stereocenters. The first kappa shape index (κ1) is 33.6. The minimum atomic E-state index is 1.12.